The standard InChI is InChI=1S/C31H40N4O5/c1-2-3-15-35(24-7-6-13-32-19-24)29(37)21-34-20-25(22-9-10-27-23(18-22)12-17-40-27)30(31(38)39)26(34)11-16-33-14-5-4-8-28(33)36/h6-7,9-10,13,18-19,25-26,30H,2-5,8,11-12,14-17,20-21H2,1H3,(H,38,39)/t25-,26+,30?/m1/s1. The number of piperidine rings is 1. The van der Waals surface area contributed by atoms with Crippen LogP contribution in [-0.4, -0.2) is 83.0 Å². The summed E-state index contributed by atoms with van der Waals surface area (Å²) in [6.45, 7) is 5.11. The Morgan fingerprint density at radius 3 is 2.83 bits per heavy atom. The van der Waals surface area contributed by atoms with Crippen molar-refractivity contribution in [3.05, 3.63) is 53.9 Å². The molecule has 2 aromatic rings. The zero-order chi connectivity index (χ0) is 28.1. The molecule has 5 rings (SSSR count). The topological polar surface area (TPSA) is 103 Å². The van der Waals surface area contributed by atoms with Gasteiger partial charge in [-0.25, -0.2) is 0 Å². The van der Waals surface area contributed by atoms with Crippen LogP contribution >= 0.6 is 0 Å². The van der Waals surface area contributed by atoms with Crippen LogP contribution in [0.5, 0.6) is 5.75 Å². The highest BCUT2D eigenvalue weighted by Crippen LogP contribution is 2.41. The number of ether oxygens (including phenoxy) is 1. The molecule has 0 spiro atoms. The van der Waals surface area contributed by atoms with Crippen LogP contribution in [0.15, 0.2) is 42.7 Å². The van der Waals surface area contributed by atoms with Gasteiger partial charge < -0.3 is 19.6 Å². The molecule has 4 heterocycles. The monoisotopic (exact) mass is 548 g/mol. The summed E-state index contributed by atoms with van der Waals surface area (Å²) in [7, 11) is 0. The molecule has 40 heavy (non-hydrogen) atoms. The number of nitrogens with zero attached hydrogens (tertiary/aromatic N) is 4. The number of anilines is 1. The summed E-state index contributed by atoms with van der Waals surface area (Å²) in [4.78, 5) is 49.1. The smallest absolute Gasteiger partial charge is 0.308 e. The largest absolute Gasteiger partial charge is 0.493 e. The average Bonchev–Trinajstić information content (AvgIpc) is 3.57. The van der Waals surface area contributed by atoms with Crippen molar-refractivity contribution in [2.45, 2.75) is 63.8 Å². The molecule has 1 aromatic carbocycles. The Morgan fingerprint density at radius 2 is 2.08 bits per heavy atom. The van der Waals surface area contributed by atoms with Gasteiger partial charge in [0.2, 0.25) is 11.8 Å². The number of aromatic nitrogens is 1. The lowest BCUT2D eigenvalue weighted by Gasteiger charge is -2.32. The van der Waals surface area contributed by atoms with E-state index in [4.69, 9.17) is 4.74 Å². The second-order valence-corrected chi connectivity index (χ2v) is 11.2. The molecule has 1 N–H and O–H groups in total. The maximum atomic E-state index is 13.8. The second kappa shape index (κ2) is 12.8. The van der Waals surface area contributed by atoms with E-state index in [0.29, 0.717) is 45.6 Å². The SMILES string of the molecule is CCCCN(C(=O)CN1C[C@H](c2ccc3c(c2)CCO3)C(C(=O)O)[C@@H]1CCN1CCCCC1=O)c1cccnc1. The number of carboxylic acid groups (broad SMARTS) is 1. The van der Waals surface area contributed by atoms with Crippen LogP contribution in [0, 0.1) is 5.92 Å². The molecule has 3 atom stereocenters. The molecule has 214 valence electrons. The first-order chi connectivity index (χ1) is 19.5. The Balaban J connectivity index is 1.42. The summed E-state index contributed by atoms with van der Waals surface area (Å²) >= 11 is 0. The van der Waals surface area contributed by atoms with Crippen molar-refractivity contribution in [1.29, 1.82) is 0 Å². The van der Waals surface area contributed by atoms with Gasteiger partial charge in [-0.05, 0) is 55.0 Å². The Labute approximate surface area is 236 Å². The minimum atomic E-state index is -0.859. The van der Waals surface area contributed by atoms with Gasteiger partial charge in [-0.1, -0.05) is 25.5 Å². The molecular formula is C31H40N4O5. The van der Waals surface area contributed by atoms with Crippen molar-refractivity contribution >= 4 is 23.5 Å². The summed E-state index contributed by atoms with van der Waals surface area (Å²) in [6, 6.07) is 9.35. The van der Waals surface area contributed by atoms with E-state index in [1.54, 1.807) is 17.3 Å². The van der Waals surface area contributed by atoms with Gasteiger partial charge >= 0.3 is 5.97 Å². The highest BCUT2D eigenvalue weighted by molar-refractivity contribution is 5.94. The van der Waals surface area contributed by atoms with Crippen LogP contribution in [0.4, 0.5) is 5.69 Å². The Hall–Kier alpha value is -3.46. The Bertz CT molecular complexity index is 1210. The summed E-state index contributed by atoms with van der Waals surface area (Å²) in [5.74, 6) is -0.870. The highest BCUT2D eigenvalue weighted by atomic mass is 16.5. The highest BCUT2D eigenvalue weighted by Gasteiger charge is 2.47. The number of aliphatic carboxylic acids is 1. The molecule has 9 nitrogen and oxygen atoms in total. The van der Waals surface area contributed by atoms with E-state index in [9.17, 15) is 19.5 Å². The van der Waals surface area contributed by atoms with Crippen LogP contribution < -0.4 is 9.64 Å². The lowest BCUT2D eigenvalue weighted by Crippen LogP contribution is -2.46. The third-order valence-corrected chi connectivity index (χ3v) is 8.62. The number of likely N-dealkylation sites (tertiary alicyclic amines) is 2. The van der Waals surface area contributed by atoms with Gasteiger partial charge in [-0.3, -0.25) is 24.3 Å². The lowest BCUT2D eigenvalue weighted by atomic mass is 9.83. The van der Waals surface area contributed by atoms with Crippen molar-refractivity contribution < 1.29 is 24.2 Å². The quantitative estimate of drug-likeness (QED) is 0.457. The number of fused-ring (bicyclic) bond motifs is 1. The number of hydrogen-bond acceptors (Lipinski definition) is 6. The van der Waals surface area contributed by atoms with Gasteiger partial charge in [-0.2, -0.15) is 0 Å². The van der Waals surface area contributed by atoms with E-state index < -0.39 is 11.9 Å². The van der Waals surface area contributed by atoms with Crippen LogP contribution in [-0.2, 0) is 20.8 Å². The van der Waals surface area contributed by atoms with Gasteiger partial charge in [0.25, 0.3) is 0 Å². The second-order valence-electron chi connectivity index (χ2n) is 11.2. The van der Waals surface area contributed by atoms with Crippen molar-refractivity contribution in [3.8, 4) is 5.75 Å². The number of carbonyl (C=O) groups excluding carboxylic acids is 2. The first-order valence-electron chi connectivity index (χ1n) is 14.7. The molecule has 2 amide bonds. The van der Waals surface area contributed by atoms with Crippen molar-refractivity contribution in [2.75, 3.05) is 44.2 Å². The molecule has 1 unspecified atom stereocenters. The third kappa shape index (κ3) is 6.14. The minimum absolute atomic E-state index is 0.0624. The van der Waals surface area contributed by atoms with E-state index in [1.165, 1.54) is 0 Å². The van der Waals surface area contributed by atoms with Crippen molar-refractivity contribution in [3.63, 3.8) is 0 Å². The minimum Gasteiger partial charge on any atom is -0.493 e. The number of rotatable bonds is 11. The van der Waals surface area contributed by atoms with Crippen LogP contribution in [0.3, 0.4) is 0 Å². The molecule has 0 saturated carbocycles. The van der Waals surface area contributed by atoms with E-state index in [1.807, 2.05) is 29.2 Å². The lowest BCUT2D eigenvalue weighted by molar-refractivity contribution is -0.143. The predicted molar refractivity (Wildman–Crippen MR) is 151 cm³/mol. The predicted octanol–water partition coefficient (Wildman–Crippen LogP) is 3.72. The van der Waals surface area contributed by atoms with Gasteiger partial charge in [-0.15, -0.1) is 0 Å². The van der Waals surface area contributed by atoms with E-state index in [0.717, 1.165) is 54.7 Å². The first-order valence-corrected chi connectivity index (χ1v) is 14.7. The number of amides is 2. The number of pyridine rings is 1. The number of benzene rings is 1. The molecular weight excluding hydrogens is 508 g/mol. The number of unbranched alkanes of at least 4 members (excludes halogenated alkanes) is 1. The summed E-state index contributed by atoms with van der Waals surface area (Å²) in [6.07, 6.45) is 8.95. The maximum absolute atomic E-state index is 13.8. The van der Waals surface area contributed by atoms with Gasteiger partial charge in [0.1, 0.15) is 5.75 Å². The van der Waals surface area contributed by atoms with Gasteiger partial charge in [0.05, 0.1) is 31.0 Å². The number of hydrogen-bond donors (Lipinski definition) is 1. The van der Waals surface area contributed by atoms with Crippen LogP contribution in [0.25, 0.3) is 0 Å². The summed E-state index contributed by atoms with van der Waals surface area (Å²) in [5, 5.41) is 10.5. The Kier molecular flexibility index (Phi) is 8.99. The van der Waals surface area contributed by atoms with Crippen molar-refractivity contribution in [1.82, 2.24) is 14.8 Å². The molecule has 1 aromatic heterocycles. The fraction of sp³-hybridized carbons (Fsp3) is 0.548. The molecule has 9 heteroatoms. The Morgan fingerprint density at radius 1 is 1.20 bits per heavy atom. The van der Waals surface area contributed by atoms with Crippen LogP contribution in [0.1, 0.15) is 62.5 Å². The summed E-state index contributed by atoms with van der Waals surface area (Å²) in [5.41, 5.74) is 2.83. The molecule has 2 saturated heterocycles. The fourth-order valence-corrected chi connectivity index (χ4v) is 6.50. The molecule has 0 radical (unpaired) electrons. The molecule has 0 bridgehead atoms. The zero-order valence-electron chi connectivity index (χ0n) is 23.3. The first kappa shape index (κ1) is 28.1. The van der Waals surface area contributed by atoms with Crippen LogP contribution in [0.2, 0.25) is 0 Å². The molecule has 0 aliphatic carbocycles. The van der Waals surface area contributed by atoms with Crippen molar-refractivity contribution in [2.24, 2.45) is 5.92 Å². The molecule has 3 aliphatic heterocycles. The zero-order valence-corrected chi connectivity index (χ0v) is 23.3. The molecule has 2 fully saturated rings. The fourth-order valence-electron chi connectivity index (χ4n) is 6.50. The normalized spacial score (nSPS) is 22.7. The average molecular weight is 549 g/mol. The third-order valence-electron chi connectivity index (χ3n) is 8.62. The summed E-state index contributed by atoms with van der Waals surface area (Å²) < 4.78 is 5.68. The van der Waals surface area contributed by atoms with Gasteiger partial charge in [0, 0.05) is 57.2 Å². The maximum Gasteiger partial charge on any atom is 0.308 e. The number of carboxylic acids is 1. The van der Waals surface area contributed by atoms with E-state index in [-0.39, 0.29) is 30.3 Å². The number of carbonyl (C=O) groups is 3. The van der Waals surface area contributed by atoms with E-state index in [2.05, 4.69) is 22.9 Å². The molecule has 3 aliphatic rings. The van der Waals surface area contributed by atoms with E-state index >= 15 is 0 Å². The van der Waals surface area contributed by atoms with Gasteiger partial charge in [0.15, 0.2) is 0 Å².